The molecular formula is C18H23N5O2. The van der Waals surface area contributed by atoms with Gasteiger partial charge in [0.15, 0.2) is 17.2 Å². The third kappa shape index (κ3) is 2.89. The van der Waals surface area contributed by atoms with E-state index >= 15 is 0 Å². The van der Waals surface area contributed by atoms with E-state index in [0.717, 1.165) is 55.1 Å². The number of hydrogen-bond donors (Lipinski definition) is 2. The van der Waals surface area contributed by atoms with Gasteiger partial charge in [0, 0.05) is 19.6 Å². The first-order valence-electron chi connectivity index (χ1n) is 8.86. The maximum absolute atomic E-state index is 11.7. The summed E-state index contributed by atoms with van der Waals surface area (Å²) in [6, 6.07) is 7.79. The minimum Gasteiger partial charge on any atom is -0.378 e. The molecule has 1 aromatic carbocycles. The van der Waals surface area contributed by atoms with Crippen molar-refractivity contribution in [3.63, 3.8) is 0 Å². The topological polar surface area (TPSA) is 95.6 Å². The Balaban J connectivity index is 1.78. The van der Waals surface area contributed by atoms with Crippen LogP contribution in [0.2, 0.25) is 0 Å². The van der Waals surface area contributed by atoms with Crippen LogP contribution in [0.4, 0.5) is 11.6 Å². The Morgan fingerprint density at radius 1 is 1.00 bits per heavy atom. The fourth-order valence-corrected chi connectivity index (χ4v) is 3.75. The zero-order chi connectivity index (χ0) is 17.4. The Kier molecular flexibility index (Phi) is 3.95. The molecule has 132 valence electrons. The van der Waals surface area contributed by atoms with Crippen molar-refractivity contribution in [2.75, 3.05) is 36.0 Å². The summed E-state index contributed by atoms with van der Waals surface area (Å²) in [4.78, 5) is 25.6. The highest BCUT2D eigenvalue weighted by Crippen LogP contribution is 2.33. The number of anilines is 2. The van der Waals surface area contributed by atoms with Crippen molar-refractivity contribution in [2.24, 2.45) is 5.73 Å². The summed E-state index contributed by atoms with van der Waals surface area (Å²) >= 11 is 0. The van der Waals surface area contributed by atoms with Crippen molar-refractivity contribution < 1.29 is 9.90 Å². The van der Waals surface area contributed by atoms with Crippen molar-refractivity contribution in [3.05, 3.63) is 24.3 Å². The van der Waals surface area contributed by atoms with Crippen LogP contribution in [0.5, 0.6) is 0 Å². The molecular weight excluding hydrogens is 318 g/mol. The van der Waals surface area contributed by atoms with E-state index in [9.17, 15) is 9.90 Å². The third-order valence-corrected chi connectivity index (χ3v) is 5.17. The van der Waals surface area contributed by atoms with Gasteiger partial charge in [0.1, 0.15) is 0 Å². The number of amides is 1. The fraction of sp³-hybridized carbons (Fsp3) is 0.500. The van der Waals surface area contributed by atoms with Crippen LogP contribution in [-0.2, 0) is 4.79 Å². The first kappa shape index (κ1) is 16.1. The van der Waals surface area contributed by atoms with E-state index in [1.54, 1.807) is 0 Å². The number of carbonyl (C=O) groups is 1. The highest BCUT2D eigenvalue weighted by atomic mass is 16.3. The molecule has 0 saturated carbocycles. The lowest BCUT2D eigenvalue weighted by molar-refractivity contribution is -0.137. The van der Waals surface area contributed by atoms with Crippen molar-refractivity contribution in [1.82, 2.24) is 9.97 Å². The second-order valence-corrected chi connectivity index (χ2v) is 6.97. The van der Waals surface area contributed by atoms with Crippen LogP contribution in [0.15, 0.2) is 24.3 Å². The molecule has 1 amide bonds. The van der Waals surface area contributed by atoms with Gasteiger partial charge >= 0.3 is 0 Å². The van der Waals surface area contributed by atoms with Crippen LogP contribution in [-0.4, -0.2) is 52.8 Å². The zero-order valence-corrected chi connectivity index (χ0v) is 14.2. The lowest BCUT2D eigenvalue weighted by atomic mass is 9.92. The van der Waals surface area contributed by atoms with Crippen LogP contribution >= 0.6 is 0 Å². The lowest BCUT2D eigenvalue weighted by Crippen LogP contribution is -2.56. The number of primary amides is 1. The molecule has 0 aliphatic carbocycles. The number of aromatic nitrogens is 2. The average molecular weight is 341 g/mol. The smallest absolute Gasteiger partial charge is 0.251 e. The molecule has 0 spiro atoms. The van der Waals surface area contributed by atoms with Crippen LogP contribution in [0.1, 0.15) is 25.7 Å². The van der Waals surface area contributed by atoms with Crippen LogP contribution in [0.25, 0.3) is 11.0 Å². The van der Waals surface area contributed by atoms with Crippen LogP contribution in [0.3, 0.4) is 0 Å². The molecule has 0 bridgehead atoms. The summed E-state index contributed by atoms with van der Waals surface area (Å²) in [5.74, 6) is 0.901. The van der Waals surface area contributed by atoms with Gasteiger partial charge in [-0.15, -0.1) is 0 Å². The summed E-state index contributed by atoms with van der Waals surface area (Å²) in [5.41, 5.74) is 5.59. The van der Waals surface area contributed by atoms with Crippen molar-refractivity contribution in [3.8, 4) is 0 Å². The van der Waals surface area contributed by atoms with Gasteiger partial charge < -0.3 is 20.6 Å². The van der Waals surface area contributed by atoms with Gasteiger partial charge in [-0.05, 0) is 37.8 Å². The Bertz CT molecular complexity index is 805. The molecule has 0 unspecified atom stereocenters. The normalized spacial score (nSPS) is 24.0. The van der Waals surface area contributed by atoms with Crippen LogP contribution < -0.4 is 15.5 Å². The third-order valence-electron chi connectivity index (χ3n) is 5.17. The summed E-state index contributed by atoms with van der Waals surface area (Å²) in [6.45, 7) is 2.79. The van der Waals surface area contributed by atoms with Gasteiger partial charge in [0.05, 0.1) is 17.6 Å². The lowest BCUT2D eigenvalue weighted by Gasteiger charge is -2.38. The Morgan fingerprint density at radius 3 is 2.16 bits per heavy atom. The predicted molar refractivity (Wildman–Crippen MR) is 96.6 cm³/mol. The number of para-hydroxylation sites is 2. The molecule has 2 aliphatic rings. The highest BCUT2D eigenvalue weighted by Gasteiger charge is 2.40. The van der Waals surface area contributed by atoms with Gasteiger partial charge in [-0.3, -0.25) is 4.79 Å². The largest absolute Gasteiger partial charge is 0.378 e. The molecule has 7 heteroatoms. The second kappa shape index (κ2) is 6.15. The molecule has 3 N–H and O–H groups in total. The molecule has 2 saturated heterocycles. The number of β-amino-alcohol motifs (C(OH)–C–C–N with tert-alkyl or cyclic N) is 1. The number of nitrogens with two attached hydrogens (primary N) is 1. The standard InChI is InChI=1S/C18H23N5O2/c19-17(24)18(25)8-5-11-23(12-18)16-15(22-9-3-4-10-22)20-13-6-1-2-7-14(13)21-16/h1-2,6-7,25H,3-5,8-12H2,(H2,19,24)/t18-/m1/s1. The maximum Gasteiger partial charge on any atom is 0.251 e. The molecule has 0 radical (unpaired) electrons. The first-order chi connectivity index (χ1) is 12.1. The molecule has 1 aromatic heterocycles. The maximum atomic E-state index is 11.7. The SMILES string of the molecule is NC(=O)[C@@]1(O)CCCN(c2nc3ccccc3nc2N2CCCC2)C1. The molecule has 2 fully saturated rings. The monoisotopic (exact) mass is 341 g/mol. The van der Waals surface area contributed by atoms with Crippen molar-refractivity contribution in [2.45, 2.75) is 31.3 Å². The van der Waals surface area contributed by atoms with E-state index < -0.39 is 11.5 Å². The van der Waals surface area contributed by atoms with E-state index in [4.69, 9.17) is 15.7 Å². The highest BCUT2D eigenvalue weighted by molar-refractivity contribution is 5.85. The van der Waals surface area contributed by atoms with Crippen molar-refractivity contribution in [1.29, 1.82) is 0 Å². The Labute approximate surface area is 146 Å². The number of piperidine rings is 1. The molecule has 2 aromatic rings. The van der Waals surface area contributed by atoms with Gasteiger partial charge in [-0.1, -0.05) is 12.1 Å². The minimum atomic E-state index is -1.51. The van der Waals surface area contributed by atoms with E-state index in [1.165, 1.54) is 0 Å². The zero-order valence-electron chi connectivity index (χ0n) is 14.2. The molecule has 2 aliphatic heterocycles. The van der Waals surface area contributed by atoms with Gasteiger partial charge in [-0.25, -0.2) is 9.97 Å². The minimum absolute atomic E-state index is 0.163. The quantitative estimate of drug-likeness (QED) is 0.866. The number of rotatable bonds is 3. The number of benzene rings is 1. The summed E-state index contributed by atoms with van der Waals surface area (Å²) in [6.07, 6.45) is 3.35. The Morgan fingerprint density at radius 2 is 1.56 bits per heavy atom. The van der Waals surface area contributed by atoms with E-state index in [-0.39, 0.29) is 6.54 Å². The van der Waals surface area contributed by atoms with Gasteiger partial charge in [0.25, 0.3) is 5.91 Å². The fourth-order valence-electron chi connectivity index (χ4n) is 3.75. The second-order valence-electron chi connectivity index (χ2n) is 6.97. The predicted octanol–water partition coefficient (Wildman–Crippen LogP) is 1.05. The van der Waals surface area contributed by atoms with E-state index in [0.29, 0.717) is 12.8 Å². The summed E-state index contributed by atoms with van der Waals surface area (Å²) < 4.78 is 0. The van der Waals surface area contributed by atoms with Crippen LogP contribution in [0, 0.1) is 0 Å². The number of hydrogen-bond acceptors (Lipinski definition) is 6. The van der Waals surface area contributed by atoms with E-state index in [2.05, 4.69) is 4.90 Å². The molecule has 4 rings (SSSR count). The summed E-state index contributed by atoms with van der Waals surface area (Å²) in [5, 5.41) is 10.6. The number of carbonyl (C=O) groups excluding carboxylic acids is 1. The molecule has 3 heterocycles. The van der Waals surface area contributed by atoms with Crippen molar-refractivity contribution >= 4 is 28.6 Å². The number of nitrogens with zero attached hydrogens (tertiary/aromatic N) is 4. The summed E-state index contributed by atoms with van der Waals surface area (Å²) in [7, 11) is 0. The van der Waals surface area contributed by atoms with Gasteiger partial charge in [0.2, 0.25) is 0 Å². The Hall–Kier alpha value is -2.41. The number of fused-ring (bicyclic) bond motifs is 1. The first-order valence-corrected chi connectivity index (χ1v) is 8.86. The average Bonchev–Trinajstić information content (AvgIpc) is 3.15. The molecule has 25 heavy (non-hydrogen) atoms. The van der Waals surface area contributed by atoms with Gasteiger partial charge in [-0.2, -0.15) is 0 Å². The number of aliphatic hydroxyl groups is 1. The van der Waals surface area contributed by atoms with E-state index in [1.807, 2.05) is 29.2 Å². The molecule has 1 atom stereocenters. The molecule has 7 nitrogen and oxygen atoms in total.